The van der Waals surface area contributed by atoms with Crippen LogP contribution in [0.15, 0.2) is 59.5 Å². The highest BCUT2D eigenvalue weighted by Crippen LogP contribution is 2.28. The van der Waals surface area contributed by atoms with Crippen LogP contribution in [0.3, 0.4) is 0 Å². The van der Waals surface area contributed by atoms with Gasteiger partial charge in [0.2, 0.25) is 9.84 Å². The van der Waals surface area contributed by atoms with Crippen molar-refractivity contribution >= 4 is 21.6 Å². The van der Waals surface area contributed by atoms with Gasteiger partial charge in [-0.2, -0.15) is 0 Å². The van der Waals surface area contributed by atoms with Gasteiger partial charge in [-0.05, 0) is 36.2 Å². The van der Waals surface area contributed by atoms with Crippen molar-refractivity contribution in [1.29, 1.82) is 0 Å². The molecule has 2 aromatic carbocycles. The fourth-order valence-corrected chi connectivity index (χ4v) is 3.89. The van der Waals surface area contributed by atoms with Crippen molar-refractivity contribution in [2.24, 2.45) is 0 Å². The van der Waals surface area contributed by atoms with Crippen LogP contribution < -0.4 is 5.32 Å². The smallest absolute Gasteiger partial charge is 0.408 e. The van der Waals surface area contributed by atoms with Crippen LogP contribution in [0, 0.1) is 10.1 Å². The van der Waals surface area contributed by atoms with Crippen molar-refractivity contribution in [3.63, 3.8) is 0 Å². The molecular formula is C18H20N2O6S. The van der Waals surface area contributed by atoms with E-state index in [0.29, 0.717) is 6.42 Å². The number of carbonyl (C=O) groups excluding carboxylic acids is 1. The number of nitrogens with one attached hydrogen (secondary N) is 1. The fourth-order valence-electron chi connectivity index (χ4n) is 2.32. The van der Waals surface area contributed by atoms with Crippen LogP contribution >= 0.6 is 0 Å². The lowest BCUT2D eigenvalue weighted by molar-refractivity contribution is -0.384. The zero-order valence-corrected chi connectivity index (χ0v) is 15.5. The van der Waals surface area contributed by atoms with E-state index in [0.717, 1.165) is 6.42 Å². The summed E-state index contributed by atoms with van der Waals surface area (Å²) in [6.45, 7) is 2.10. The average molecular weight is 392 g/mol. The predicted octanol–water partition coefficient (Wildman–Crippen LogP) is 3.59. The van der Waals surface area contributed by atoms with Gasteiger partial charge < -0.3 is 10.1 Å². The van der Waals surface area contributed by atoms with E-state index >= 15 is 0 Å². The maximum Gasteiger partial charge on any atom is 0.408 e. The van der Waals surface area contributed by atoms with Gasteiger partial charge in [0.25, 0.3) is 5.69 Å². The van der Waals surface area contributed by atoms with Crippen LogP contribution in [0.5, 0.6) is 0 Å². The summed E-state index contributed by atoms with van der Waals surface area (Å²) in [7, 11) is -3.99. The highest BCUT2D eigenvalue weighted by Gasteiger charge is 2.31. The molecule has 144 valence electrons. The third-order valence-corrected chi connectivity index (χ3v) is 5.71. The third kappa shape index (κ3) is 5.27. The van der Waals surface area contributed by atoms with Crippen LogP contribution in [0.25, 0.3) is 0 Å². The van der Waals surface area contributed by atoms with Gasteiger partial charge in [-0.15, -0.1) is 0 Å². The minimum absolute atomic E-state index is 0.0159. The second kappa shape index (κ2) is 9.13. The summed E-state index contributed by atoms with van der Waals surface area (Å²) >= 11 is 0. The van der Waals surface area contributed by atoms with Gasteiger partial charge >= 0.3 is 6.09 Å². The molecular weight excluding hydrogens is 372 g/mol. The number of ether oxygens (including phenoxy) is 1. The minimum atomic E-state index is -3.99. The first kappa shape index (κ1) is 20.4. The summed E-state index contributed by atoms with van der Waals surface area (Å²) in [6, 6.07) is 12.6. The quantitative estimate of drug-likeness (QED) is 0.417. The molecule has 2 rings (SSSR count). The van der Waals surface area contributed by atoms with Gasteiger partial charge in [0, 0.05) is 12.1 Å². The Labute approximate surface area is 157 Å². The molecule has 0 aliphatic carbocycles. The van der Waals surface area contributed by atoms with E-state index in [-0.39, 0.29) is 22.8 Å². The lowest BCUT2D eigenvalue weighted by Crippen LogP contribution is -2.34. The molecule has 1 atom stereocenters. The molecule has 2 aromatic rings. The minimum Gasteiger partial charge on any atom is -0.450 e. The Kier molecular flexibility index (Phi) is 6.89. The average Bonchev–Trinajstić information content (AvgIpc) is 2.67. The summed E-state index contributed by atoms with van der Waals surface area (Å²) < 4.78 is 31.0. The Balaban J connectivity index is 2.36. The summed E-state index contributed by atoms with van der Waals surface area (Å²) in [4.78, 5) is 22.3. The van der Waals surface area contributed by atoms with Crippen LogP contribution in [-0.2, 0) is 14.6 Å². The van der Waals surface area contributed by atoms with Crippen LogP contribution in [0.4, 0.5) is 10.5 Å². The van der Waals surface area contributed by atoms with E-state index in [4.69, 9.17) is 4.74 Å². The second-order valence-electron chi connectivity index (χ2n) is 5.72. The Bertz CT molecular complexity index is 882. The van der Waals surface area contributed by atoms with Gasteiger partial charge in [0.15, 0.2) is 5.37 Å². The summed E-state index contributed by atoms with van der Waals surface area (Å²) in [5.74, 6) is 0. The van der Waals surface area contributed by atoms with Gasteiger partial charge in [0.1, 0.15) is 0 Å². The van der Waals surface area contributed by atoms with E-state index in [1.807, 2.05) is 6.92 Å². The molecule has 8 nitrogen and oxygen atoms in total. The fraction of sp³-hybridized carbons (Fsp3) is 0.278. The van der Waals surface area contributed by atoms with E-state index in [1.54, 1.807) is 18.2 Å². The number of nitrogens with zero attached hydrogens (tertiary/aromatic N) is 1. The molecule has 0 saturated carbocycles. The number of benzene rings is 2. The number of alkyl carbamates (subject to hydrolysis) is 1. The molecule has 9 heteroatoms. The number of hydrogen-bond donors (Lipinski definition) is 1. The summed E-state index contributed by atoms with van der Waals surface area (Å²) in [5.41, 5.74) is 0.0111. The number of nitro benzene ring substituents is 1. The largest absolute Gasteiger partial charge is 0.450 e. The van der Waals surface area contributed by atoms with Crippen LogP contribution in [0.2, 0.25) is 0 Å². The first-order valence-electron chi connectivity index (χ1n) is 8.33. The molecule has 0 aliphatic heterocycles. The Hall–Kier alpha value is -2.94. The number of sulfone groups is 1. The second-order valence-corrected chi connectivity index (χ2v) is 7.75. The number of unbranched alkanes of at least 4 members (excludes halogenated alkanes) is 1. The molecule has 0 aliphatic rings. The van der Waals surface area contributed by atoms with Crippen molar-refractivity contribution < 1.29 is 22.9 Å². The van der Waals surface area contributed by atoms with Gasteiger partial charge in [-0.1, -0.05) is 31.5 Å². The number of hydrogen-bond acceptors (Lipinski definition) is 6. The topological polar surface area (TPSA) is 116 Å². The normalized spacial score (nSPS) is 12.2. The third-order valence-electron chi connectivity index (χ3n) is 3.77. The maximum atomic E-state index is 13.0. The van der Waals surface area contributed by atoms with E-state index < -0.39 is 26.2 Å². The van der Waals surface area contributed by atoms with E-state index in [2.05, 4.69) is 5.32 Å². The van der Waals surface area contributed by atoms with Crippen molar-refractivity contribution in [3.8, 4) is 0 Å². The van der Waals surface area contributed by atoms with Crippen molar-refractivity contribution in [2.75, 3.05) is 6.61 Å². The molecule has 1 unspecified atom stereocenters. The number of carbonyl (C=O) groups is 1. The van der Waals surface area contributed by atoms with E-state index in [9.17, 15) is 23.3 Å². The summed E-state index contributed by atoms with van der Waals surface area (Å²) in [6.07, 6.45) is 0.605. The zero-order valence-electron chi connectivity index (χ0n) is 14.7. The Morgan fingerprint density at radius 2 is 1.78 bits per heavy atom. The highest BCUT2D eigenvalue weighted by molar-refractivity contribution is 7.91. The molecule has 0 spiro atoms. The van der Waals surface area contributed by atoms with Crippen LogP contribution in [0.1, 0.15) is 30.7 Å². The lowest BCUT2D eigenvalue weighted by atomic mass is 10.2. The highest BCUT2D eigenvalue weighted by atomic mass is 32.2. The summed E-state index contributed by atoms with van der Waals surface area (Å²) in [5, 5.41) is 11.7. The van der Waals surface area contributed by atoms with E-state index in [1.165, 1.54) is 36.4 Å². The number of rotatable bonds is 8. The molecule has 0 heterocycles. The Morgan fingerprint density at radius 1 is 1.15 bits per heavy atom. The number of nitro groups is 1. The predicted molar refractivity (Wildman–Crippen MR) is 98.9 cm³/mol. The molecule has 0 saturated heterocycles. The van der Waals surface area contributed by atoms with Crippen molar-refractivity contribution in [1.82, 2.24) is 5.32 Å². The standard InChI is InChI=1S/C18H20N2O6S/c1-2-3-13-26-18(21)19-17(14-9-11-15(12-10-14)20(22)23)27(24,25)16-7-5-4-6-8-16/h4-12,17H,2-3,13H2,1H3,(H,19,21). The van der Waals surface area contributed by atoms with Gasteiger partial charge in [0.05, 0.1) is 16.4 Å². The number of amides is 1. The first-order valence-corrected chi connectivity index (χ1v) is 9.87. The van der Waals surface area contributed by atoms with Crippen molar-refractivity contribution in [3.05, 3.63) is 70.3 Å². The van der Waals surface area contributed by atoms with Gasteiger partial charge in [-0.3, -0.25) is 10.1 Å². The van der Waals surface area contributed by atoms with Crippen LogP contribution in [-0.4, -0.2) is 26.0 Å². The molecule has 0 bridgehead atoms. The number of non-ortho nitro benzene ring substituents is 1. The maximum absolute atomic E-state index is 13.0. The monoisotopic (exact) mass is 392 g/mol. The molecule has 1 N–H and O–H groups in total. The molecule has 1 amide bonds. The Morgan fingerprint density at radius 3 is 2.33 bits per heavy atom. The molecule has 0 fully saturated rings. The zero-order chi connectivity index (χ0) is 19.9. The first-order chi connectivity index (χ1) is 12.9. The molecule has 0 aromatic heterocycles. The molecule has 27 heavy (non-hydrogen) atoms. The van der Waals surface area contributed by atoms with Gasteiger partial charge in [-0.25, -0.2) is 13.2 Å². The van der Waals surface area contributed by atoms with Crippen molar-refractivity contribution in [2.45, 2.75) is 30.0 Å². The molecule has 0 radical (unpaired) electrons. The lowest BCUT2D eigenvalue weighted by Gasteiger charge is -2.19. The SMILES string of the molecule is CCCCOC(=O)NC(c1ccc([N+](=O)[O-])cc1)S(=O)(=O)c1ccccc1.